The van der Waals surface area contributed by atoms with Crippen molar-refractivity contribution in [2.45, 2.75) is 70.2 Å². The molecular formula is C17H25N3O3. The molecule has 2 N–H and O–H groups in total. The van der Waals surface area contributed by atoms with Crippen molar-refractivity contribution in [2.24, 2.45) is 0 Å². The number of amides is 2. The van der Waals surface area contributed by atoms with Gasteiger partial charge >= 0.3 is 6.09 Å². The number of nitrogens with one attached hydrogen (secondary N) is 2. The van der Waals surface area contributed by atoms with Crippen molar-refractivity contribution in [3.05, 3.63) is 24.0 Å². The van der Waals surface area contributed by atoms with Crippen molar-refractivity contribution in [3.63, 3.8) is 0 Å². The van der Waals surface area contributed by atoms with Crippen LogP contribution in [0.4, 0.5) is 4.79 Å². The molecule has 2 aliphatic heterocycles. The number of H-pyrrole nitrogens is 1. The molecule has 0 saturated carbocycles. The molecule has 0 radical (unpaired) electrons. The van der Waals surface area contributed by atoms with E-state index >= 15 is 0 Å². The molecule has 2 unspecified atom stereocenters. The fraction of sp³-hybridized carbons (Fsp3) is 0.647. The lowest BCUT2D eigenvalue weighted by Gasteiger charge is -2.39. The molecule has 23 heavy (non-hydrogen) atoms. The molecule has 0 spiro atoms. The Morgan fingerprint density at radius 1 is 1.26 bits per heavy atom. The van der Waals surface area contributed by atoms with Gasteiger partial charge in [0, 0.05) is 24.3 Å². The van der Waals surface area contributed by atoms with Crippen molar-refractivity contribution >= 4 is 12.0 Å². The van der Waals surface area contributed by atoms with Gasteiger partial charge in [0.1, 0.15) is 11.3 Å². The van der Waals surface area contributed by atoms with Gasteiger partial charge in [-0.05, 0) is 58.6 Å². The number of hydrogen-bond acceptors (Lipinski definition) is 3. The van der Waals surface area contributed by atoms with E-state index in [1.165, 1.54) is 0 Å². The molecule has 1 aromatic rings. The number of aromatic amines is 1. The van der Waals surface area contributed by atoms with Gasteiger partial charge in [-0.1, -0.05) is 0 Å². The van der Waals surface area contributed by atoms with E-state index in [0.29, 0.717) is 5.69 Å². The first kappa shape index (κ1) is 15.9. The smallest absolute Gasteiger partial charge is 0.410 e. The number of carbonyl (C=O) groups excluding carboxylic acids is 2. The third-order valence-corrected chi connectivity index (χ3v) is 4.52. The molecule has 0 aromatic carbocycles. The predicted octanol–water partition coefficient (Wildman–Crippen LogP) is 2.68. The summed E-state index contributed by atoms with van der Waals surface area (Å²) >= 11 is 0. The molecule has 126 valence electrons. The average Bonchev–Trinajstić information content (AvgIpc) is 3.04. The summed E-state index contributed by atoms with van der Waals surface area (Å²) < 4.78 is 5.53. The minimum atomic E-state index is -0.477. The molecular weight excluding hydrogens is 294 g/mol. The van der Waals surface area contributed by atoms with Gasteiger partial charge in [0.2, 0.25) is 0 Å². The fourth-order valence-electron chi connectivity index (χ4n) is 3.64. The second-order valence-corrected chi connectivity index (χ2v) is 7.50. The van der Waals surface area contributed by atoms with Crippen molar-refractivity contribution in [1.82, 2.24) is 15.2 Å². The second-order valence-electron chi connectivity index (χ2n) is 7.50. The SMILES string of the molecule is CC(C)(C)OC(=O)N1C2CCC1CC(NC(=O)c1ccc[nH]1)C2. The van der Waals surface area contributed by atoms with E-state index in [1.54, 1.807) is 12.3 Å². The standard InChI is InChI=1S/C17H25N3O3/c1-17(2,3)23-16(22)20-12-6-7-13(20)10-11(9-12)19-15(21)14-5-4-8-18-14/h4-5,8,11-13,18H,6-7,9-10H2,1-3H3,(H,19,21). The van der Waals surface area contributed by atoms with Crippen LogP contribution in [-0.4, -0.2) is 45.6 Å². The highest BCUT2D eigenvalue weighted by molar-refractivity contribution is 5.92. The van der Waals surface area contributed by atoms with Gasteiger partial charge in [-0.25, -0.2) is 4.79 Å². The summed E-state index contributed by atoms with van der Waals surface area (Å²) in [5.41, 5.74) is 0.0989. The van der Waals surface area contributed by atoms with Gasteiger partial charge in [0.15, 0.2) is 0 Å². The third-order valence-electron chi connectivity index (χ3n) is 4.52. The number of hydrogen-bond donors (Lipinski definition) is 2. The maximum absolute atomic E-state index is 12.4. The molecule has 3 rings (SSSR count). The third kappa shape index (κ3) is 3.51. The molecule has 2 atom stereocenters. The average molecular weight is 319 g/mol. The van der Waals surface area contributed by atoms with Crippen LogP contribution < -0.4 is 5.32 Å². The summed E-state index contributed by atoms with van der Waals surface area (Å²) in [4.78, 5) is 29.4. The van der Waals surface area contributed by atoms with Gasteiger partial charge in [-0.15, -0.1) is 0 Å². The summed E-state index contributed by atoms with van der Waals surface area (Å²) in [6.07, 6.45) is 5.07. The zero-order valence-electron chi connectivity index (χ0n) is 14.0. The molecule has 2 fully saturated rings. The molecule has 2 amide bonds. The van der Waals surface area contributed by atoms with E-state index in [2.05, 4.69) is 10.3 Å². The lowest BCUT2D eigenvalue weighted by Crippen LogP contribution is -2.53. The molecule has 3 heterocycles. The van der Waals surface area contributed by atoms with E-state index in [-0.39, 0.29) is 30.1 Å². The number of rotatable bonds is 2. The van der Waals surface area contributed by atoms with E-state index in [1.807, 2.05) is 31.7 Å². The number of aromatic nitrogens is 1. The Bertz CT molecular complexity index is 562. The van der Waals surface area contributed by atoms with Gasteiger partial charge in [-0.2, -0.15) is 0 Å². The van der Waals surface area contributed by atoms with Crippen LogP contribution in [0.15, 0.2) is 18.3 Å². The molecule has 6 nitrogen and oxygen atoms in total. The Balaban J connectivity index is 1.61. The Labute approximate surface area is 136 Å². The first-order valence-corrected chi connectivity index (χ1v) is 8.29. The summed E-state index contributed by atoms with van der Waals surface area (Å²) in [5.74, 6) is -0.0786. The number of nitrogens with zero attached hydrogens (tertiary/aromatic N) is 1. The summed E-state index contributed by atoms with van der Waals surface area (Å²) in [7, 11) is 0. The van der Waals surface area contributed by atoms with Crippen LogP contribution in [0.2, 0.25) is 0 Å². The topological polar surface area (TPSA) is 74.4 Å². The van der Waals surface area contributed by atoms with Crippen LogP contribution >= 0.6 is 0 Å². The van der Waals surface area contributed by atoms with E-state index in [4.69, 9.17) is 4.74 Å². The van der Waals surface area contributed by atoms with Crippen LogP contribution in [0.3, 0.4) is 0 Å². The largest absolute Gasteiger partial charge is 0.444 e. The highest BCUT2D eigenvalue weighted by Crippen LogP contribution is 2.36. The van der Waals surface area contributed by atoms with Crippen LogP contribution in [0, 0.1) is 0 Å². The fourth-order valence-corrected chi connectivity index (χ4v) is 3.64. The van der Waals surface area contributed by atoms with E-state index in [0.717, 1.165) is 25.7 Å². The van der Waals surface area contributed by atoms with E-state index < -0.39 is 5.60 Å². The number of piperidine rings is 1. The molecule has 2 bridgehead atoms. The summed E-state index contributed by atoms with van der Waals surface area (Å²) in [5, 5.41) is 3.08. The van der Waals surface area contributed by atoms with Crippen molar-refractivity contribution < 1.29 is 14.3 Å². The summed E-state index contributed by atoms with van der Waals surface area (Å²) in [6, 6.07) is 4.01. The molecule has 2 aliphatic rings. The lowest BCUT2D eigenvalue weighted by molar-refractivity contribution is 0.00499. The first-order chi connectivity index (χ1) is 10.8. The summed E-state index contributed by atoms with van der Waals surface area (Å²) in [6.45, 7) is 5.66. The maximum Gasteiger partial charge on any atom is 0.410 e. The predicted molar refractivity (Wildman–Crippen MR) is 86.2 cm³/mol. The minimum absolute atomic E-state index is 0.0786. The van der Waals surface area contributed by atoms with Crippen LogP contribution in [0.25, 0.3) is 0 Å². The molecule has 0 aliphatic carbocycles. The van der Waals surface area contributed by atoms with Crippen LogP contribution in [0.5, 0.6) is 0 Å². The number of fused-ring (bicyclic) bond motifs is 2. The first-order valence-electron chi connectivity index (χ1n) is 8.29. The molecule has 2 saturated heterocycles. The normalized spacial score (nSPS) is 26.9. The zero-order valence-corrected chi connectivity index (χ0v) is 14.0. The van der Waals surface area contributed by atoms with Gasteiger partial charge in [0.05, 0.1) is 0 Å². The Morgan fingerprint density at radius 2 is 1.91 bits per heavy atom. The quantitative estimate of drug-likeness (QED) is 0.880. The Morgan fingerprint density at radius 3 is 2.43 bits per heavy atom. The second kappa shape index (κ2) is 5.91. The van der Waals surface area contributed by atoms with Crippen molar-refractivity contribution in [3.8, 4) is 0 Å². The zero-order chi connectivity index (χ0) is 16.6. The van der Waals surface area contributed by atoms with Crippen molar-refractivity contribution in [2.75, 3.05) is 0 Å². The van der Waals surface area contributed by atoms with Gasteiger partial charge in [-0.3, -0.25) is 4.79 Å². The Hall–Kier alpha value is -1.98. The Kier molecular flexibility index (Phi) is 4.08. The van der Waals surface area contributed by atoms with Crippen LogP contribution in [-0.2, 0) is 4.74 Å². The molecule has 1 aromatic heterocycles. The van der Waals surface area contributed by atoms with Crippen LogP contribution in [0.1, 0.15) is 56.9 Å². The molecule has 6 heteroatoms. The highest BCUT2D eigenvalue weighted by atomic mass is 16.6. The van der Waals surface area contributed by atoms with Gasteiger partial charge < -0.3 is 19.9 Å². The van der Waals surface area contributed by atoms with E-state index in [9.17, 15) is 9.59 Å². The highest BCUT2D eigenvalue weighted by Gasteiger charge is 2.45. The van der Waals surface area contributed by atoms with Gasteiger partial charge in [0.25, 0.3) is 5.91 Å². The van der Waals surface area contributed by atoms with Crippen molar-refractivity contribution in [1.29, 1.82) is 0 Å². The monoisotopic (exact) mass is 319 g/mol. The number of ether oxygens (including phenoxy) is 1. The number of carbonyl (C=O) groups is 2. The maximum atomic E-state index is 12.4. The minimum Gasteiger partial charge on any atom is -0.444 e. The lowest BCUT2D eigenvalue weighted by atomic mass is 9.97.